The van der Waals surface area contributed by atoms with Crippen LogP contribution < -0.4 is 10.6 Å². The van der Waals surface area contributed by atoms with Gasteiger partial charge in [0.15, 0.2) is 5.82 Å². The maximum Gasteiger partial charge on any atom is 0.223 e. The molecule has 0 unspecified atom stereocenters. The fourth-order valence-corrected chi connectivity index (χ4v) is 2.02. The first-order valence-electron chi connectivity index (χ1n) is 6.67. The molecule has 0 aromatic carbocycles. The van der Waals surface area contributed by atoms with Gasteiger partial charge in [-0.05, 0) is 5.92 Å². The van der Waals surface area contributed by atoms with Crippen LogP contribution in [0.3, 0.4) is 0 Å². The van der Waals surface area contributed by atoms with Gasteiger partial charge >= 0.3 is 0 Å². The fraction of sp³-hybridized carbons (Fsp3) is 0.538. The van der Waals surface area contributed by atoms with Crippen molar-refractivity contribution in [2.24, 2.45) is 0 Å². The van der Waals surface area contributed by atoms with Crippen LogP contribution in [0, 0.1) is 6.92 Å². The summed E-state index contributed by atoms with van der Waals surface area (Å²) in [7, 11) is 1.86. The molecule has 7 nitrogen and oxygen atoms in total. The quantitative estimate of drug-likeness (QED) is 0.834. The monoisotopic (exact) mass is 276 g/mol. The molecular formula is C13H20N6O. The third-order valence-corrected chi connectivity index (χ3v) is 2.91. The lowest BCUT2D eigenvalue weighted by atomic mass is 10.0. The first-order chi connectivity index (χ1) is 9.61. The van der Waals surface area contributed by atoms with E-state index in [4.69, 9.17) is 4.52 Å². The molecule has 0 saturated heterocycles. The summed E-state index contributed by atoms with van der Waals surface area (Å²) < 4.78 is 4.94. The van der Waals surface area contributed by atoms with Crippen molar-refractivity contribution in [3.05, 3.63) is 23.6 Å². The van der Waals surface area contributed by atoms with Crippen LogP contribution in [0.5, 0.6) is 0 Å². The van der Waals surface area contributed by atoms with Crippen molar-refractivity contribution in [2.45, 2.75) is 33.1 Å². The van der Waals surface area contributed by atoms with E-state index >= 15 is 0 Å². The maximum atomic E-state index is 4.94. The van der Waals surface area contributed by atoms with Crippen molar-refractivity contribution in [1.82, 2.24) is 20.1 Å². The van der Waals surface area contributed by atoms with Gasteiger partial charge in [-0.15, -0.1) is 0 Å². The Hall–Kier alpha value is -2.18. The van der Waals surface area contributed by atoms with Gasteiger partial charge in [-0.1, -0.05) is 19.0 Å². The van der Waals surface area contributed by atoms with Gasteiger partial charge in [-0.2, -0.15) is 4.98 Å². The molecule has 0 spiro atoms. The number of nitrogens with one attached hydrogen (secondary N) is 2. The second-order valence-electron chi connectivity index (χ2n) is 4.80. The van der Waals surface area contributed by atoms with Crippen molar-refractivity contribution in [2.75, 3.05) is 24.2 Å². The third-order valence-electron chi connectivity index (χ3n) is 2.91. The first-order valence-corrected chi connectivity index (χ1v) is 6.67. The van der Waals surface area contributed by atoms with E-state index in [0.717, 1.165) is 17.2 Å². The number of aryl methyl sites for hydroxylation is 1. The van der Waals surface area contributed by atoms with Gasteiger partial charge < -0.3 is 15.2 Å². The fourth-order valence-electron chi connectivity index (χ4n) is 2.02. The molecule has 0 fully saturated rings. The molecular weight excluding hydrogens is 256 g/mol. The van der Waals surface area contributed by atoms with Crippen molar-refractivity contribution in [1.29, 1.82) is 0 Å². The van der Waals surface area contributed by atoms with Crippen LogP contribution in [0.2, 0.25) is 0 Å². The van der Waals surface area contributed by atoms with Crippen molar-refractivity contribution < 1.29 is 4.52 Å². The lowest BCUT2D eigenvalue weighted by molar-refractivity contribution is 0.387. The molecule has 0 amide bonds. The van der Waals surface area contributed by atoms with E-state index in [1.807, 2.05) is 7.05 Å². The normalized spacial score (nSPS) is 10.8. The minimum Gasteiger partial charge on any atom is -0.373 e. The van der Waals surface area contributed by atoms with Crippen molar-refractivity contribution >= 4 is 11.6 Å². The number of hydrogen-bond acceptors (Lipinski definition) is 7. The van der Waals surface area contributed by atoms with Crippen LogP contribution in [0.25, 0.3) is 0 Å². The predicted molar refractivity (Wildman–Crippen MR) is 76.9 cm³/mol. The summed E-state index contributed by atoms with van der Waals surface area (Å²) in [4.78, 5) is 12.7. The smallest absolute Gasteiger partial charge is 0.223 e. The molecule has 0 aliphatic rings. The Morgan fingerprint density at radius 3 is 2.60 bits per heavy atom. The SMILES string of the molecule is CNc1ncnc(NCCc2noc(C)n2)c1C(C)C. The average molecular weight is 276 g/mol. The van der Waals surface area contributed by atoms with Gasteiger partial charge in [0.25, 0.3) is 0 Å². The molecule has 20 heavy (non-hydrogen) atoms. The Kier molecular flexibility index (Phi) is 4.49. The molecule has 0 saturated carbocycles. The largest absolute Gasteiger partial charge is 0.373 e. The first kappa shape index (κ1) is 14.2. The third kappa shape index (κ3) is 3.23. The van der Waals surface area contributed by atoms with E-state index in [2.05, 4.69) is 44.6 Å². The molecule has 2 aromatic rings. The maximum absolute atomic E-state index is 4.94. The summed E-state index contributed by atoms with van der Waals surface area (Å²) in [6, 6.07) is 0. The molecule has 2 N–H and O–H groups in total. The van der Waals surface area contributed by atoms with Gasteiger partial charge in [0.05, 0.1) is 0 Å². The van der Waals surface area contributed by atoms with Crippen LogP contribution in [-0.4, -0.2) is 33.7 Å². The molecule has 108 valence electrons. The minimum absolute atomic E-state index is 0.327. The highest BCUT2D eigenvalue weighted by atomic mass is 16.5. The molecule has 7 heteroatoms. The van der Waals surface area contributed by atoms with E-state index in [9.17, 15) is 0 Å². The number of nitrogens with zero attached hydrogens (tertiary/aromatic N) is 4. The summed E-state index contributed by atoms with van der Waals surface area (Å²) in [6.07, 6.45) is 2.24. The summed E-state index contributed by atoms with van der Waals surface area (Å²) in [5.74, 6) is 3.31. The van der Waals surface area contributed by atoms with E-state index in [-0.39, 0.29) is 0 Å². The zero-order chi connectivity index (χ0) is 14.5. The summed E-state index contributed by atoms with van der Waals surface area (Å²) in [5.41, 5.74) is 1.08. The van der Waals surface area contributed by atoms with Crippen LogP contribution in [0.15, 0.2) is 10.9 Å². The Morgan fingerprint density at radius 1 is 1.25 bits per heavy atom. The van der Waals surface area contributed by atoms with Gasteiger partial charge in [-0.3, -0.25) is 0 Å². The summed E-state index contributed by atoms with van der Waals surface area (Å²) in [5, 5.41) is 10.3. The number of rotatable bonds is 6. The van der Waals surface area contributed by atoms with Gasteiger partial charge in [0, 0.05) is 32.5 Å². The summed E-state index contributed by atoms with van der Waals surface area (Å²) >= 11 is 0. The van der Waals surface area contributed by atoms with Crippen molar-refractivity contribution in [3.8, 4) is 0 Å². The second kappa shape index (κ2) is 6.31. The average Bonchev–Trinajstić information content (AvgIpc) is 2.83. The second-order valence-corrected chi connectivity index (χ2v) is 4.80. The number of hydrogen-bond donors (Lipinski definition) is 2. The highest BCUT2D eigenvalue weighted by Crippen LogP contribution is 2.27. The van der Waals surface area contributed by atoms with E-state index in [0.29, 0.717) is 30.6 Å². The zero-order valence-corrected chi connectivity index (χ0v) is 12.3. The Bertz CT molecular complexity index is 566. The zero-order valence-electron chi connectivity index (χ0n) is 12.3. The highest BCUT2D eigenvalue weighted by molar-refractivity contribution is 5.58. The Balaban J connectivity index is 2.05. The van der Waals surface area contributed by atoms with E-state index in [1.165, 1.54) is 0 Å². The van der Waals surface area contributed by atoms with Crippen LogP contribution >= 0.6 is 0 Å². The number of anilines is 2. The van der Waals surface area contributed by atoms with Crippen LogP contribution in [-0.2, 0) is 6.42 Å². The Morgan fingerprint density at radius 2 is 2.00 bits per heavy atom. The van der Waals surface area contributed by atoms with Gasteiger partial charge in [-0.25, -0.2) is 9.97 Å². The predicted octanol–water partition coefficient (Wildman–Crippen LogP) is 1.99. The highest BCUT2D eigenvalue weighted by Gasteiger charge is 2.14. The topological polar surface area (TPSA) is 88.8 Å². The van der Waals surface area contributed by atoms with Crippen molar-refractivity contribution in [3.63, 3.8) is 0 Å². The molecule has 2 heterocycles. The van der Waals surface area contributed by atoms with Gasteiger partial charge in [0.1, 0.15) is 18.0 Å². The van der Waals surface area contributed by atoms with Crippen LogP contribution in [0.1, 0.15) is 37.0 Å². The molecule has 0 radical (unpaired) electrons. The lowest BCUT2D eigenvalue weighted by Gasteiger charge is -2.16. The molecule has 2 rings (SSSR count). The Labute approximate surface area is 118 Å². The molecule has 0 aliphatic heterocycles. The molecule has 2 aromatic heterocycles. The number of aromatic nitrogens is 4. The van der Waals surface area contributed by atoms with Crippen LogP contribution in [0.4, 0.5) is 11.6 Å². The molecule has 0 atom stereocenters. The lowest BCUT2D eigenvalue weighted by Crippen LogP contribution is -2.12. The molecule has 0 bridgehead atoms. The summed E-state index contributed by atoms with van der Waals surface area (Å²) in [6.45, 7) is 6.71. The van der Waals surface area contributed by atoms with Gasteiger partial charge in [0.2, 0.25) is 5.89 Å². The molecule has 0 aliphatic carbocycles. The minimum atomic E-state index is 0.327. The van der Waals surface area contributed by atoms with E-state index < -0.39 is 0 Å². The standard InChI is InChI=1S/C13H20N6O/c1-8(2)11-12(14-4)16-7-17-13(11)15-6-5-10-18-9(3)20-19-10/h7-8H,5-6H2,1-4H3,(H2,14,15,16,17). The van der Waals surface area contributed by atoms with E-state index in [1.54, 1.807) is 13.3 Å².